The Kier molecular flexibility index (Phi) is 3.52. The molecule has 5 heteroatoms. The lowest BCUT2D eigenvalue weighted by atomic mass is 10.1. The van der Waals surface area contributed by atoms with Crippen molar-refractivity contribution in [3.63, 3.8) is 0 Å². The molecule has 0 N–H and O–H groups in total. The normalized spacial score (nSPS) is 12.8. The van der Waals surface area contributed by atoms with Gasteiger partial charge in [0, 0.05) is 12.4 Å². The van der Waals surface area contributed by atoms with E-state index < -0.39 is 5.97 Å². The third-order valence-electron chi connectivity index (χ3n) is 2.31. The Hall–Kier alpha value is -2.43. The molecule has 0 atom stereocenters. The van der Waals surface area contributed by atoms with Gasteiger partial charge in [0.25, 0.3) is 0 Å². The van der Waals surface area contributed by atoms with Crippen molar-refractivity contribution in [1.82, 2.24) is 9.97 Å². The summed E-state index contributed by atoms with van der Waals surface area (Å²) >= 11 is 0. The Bertz CT molecular complexity index is 545. The summed E-state index contributed by atoms with van der Waals surface area (Å²) < 4.78 is 4.84. The van der Waals surface area contributed by atoms with E-state index in [4.69, 9.17) is 4.74 Å². The van der Waals surface area contributed by atoms with Gasteiger partial charge in [0.1, 0.15) is 0 Å². The van der Waals surface area contributed by atoms with E-state index in [0.717, 1.165) is 0 Å². The molecule has 18 heavy (non-hydrogen) atoms. The van der Waals surface area contributed by atoms with Gasteiger partial charge >= 0.3 is 5.97 Å². The average Bonchev–Trinajstić information content (AvgIpc) is 2.92. The van der Waals surface area contributed by atoms with Crippen LogP contribution in [0.4, 0.5) is 0 Å². The van der Waals surface area contributed by atoms with Gasteiger partial charge in [0.05, 0.1) is 12.3 Å². The van der Waals surface area contributed by atoms with Crippen LogP contribution in [0.15, 0.2) is 42.3 Å². The fourth-order valence-corrected chi connectivity index (χ4v) is 1.52. The molecule has 0 fully saturated rings. The van der Waals surface area contributed by atoms with E-state index in [1.165, 1.54) is 12.4 Å². The van der Waals surface area contributed by atoms with Gasteiger partial charge in [-0.3, -0.25) is 4.98 Å². The van der Waals surface area contributed by atoms with Crippen LogP contribution in [-0.4, -0.2) is 22.5 Å². The molecule has 0 radical (unpaired) electrons. The maximum absolute atomic E-state index is 12.1. The van der Waals surface area contributed by atoms with Crippen molar-refractivity contribution >= 4 is 11.7 Å². The van der Waals surface area contributed by atoms with Crippen molar-refractivity contribution < 1.29 is 14.6 Å². The number of ether oxygens (including phenoxy) is 1. The molecule has 92 valence electrons. The van der Waals surface area contributed by atoms with Crippen LogP contribution in [0, 0.1) is 0 Å². The van der Waals surface area contributed by atoms with Gasteiger partial charge in [-0.2, -0.15) is 0 Å². The molecule has 1 aromatic rings. The van der Waals surface area contributed by atoms with Gasteiger partial charge < -0.3 is 9.84 Å². The second-order valence-electron chi connectivity index (χ2n) is 3.48. The Morgan fingerprint density at radius 3 is 2.44 bits per heavy atom. The van der Waals surface area contributed by atoms with E-state index in [0.29, 0.717) is 5.57 Å². The molecule has 0 spiro atoms. The van der Waals surface area contributed by atoms with Crippen LogP contribution in [0.2, 0.25) is 0 Å². The number of carbonyl (C=O) groups excluding carboxylic acids is 1. The number of rotatable bonds is 3. The van der Waals surface area contributed by atoms with E-state index in [-0.39, 0.29) is 23.8 Å². The molecule has 0 saturated carbocycles. The Morgan fingerprint density at radius 1 is 1.22 bits per heavy atom. The highest BCUT2D eigenvalue weighted by Crippen LogP contribution is 2.19. The van der Waals surface area contributed by atoms with Gasteiger partial charge in [-0.25, -0.2) is 9.78 Å². The quantitative estimate of drug-likeness (QED) is 0.581. The predicted octanol–water partition coefficient (Wildman–Crippen LogP) is 0.851. The first-order valence-corrected chi connectivity index (χ1v) is 5.48. The highest BCUT2D eigenvalue weighted by Gasteiger charge is 2.15. The van der Waals surface area contributed by atoms with Crippen molar-refractivity contribution in [3.05, 3.63) is 53.7 Å². The van der Waals surface area contributed by atoms with Gasteiger partial charge in [-0.15, -0.1) is 0 Å². The molecular formula is C13H11N2O3-. The second-order valence-corrected chi connectivity index (χ2v) is 3.48. The molecule has 0 aliphatic heterocycles. The fourth-order valence-electron chi connectivity index (χ4n) is 1.52. The molecule has 1 aliphatic carbocycles. The minimum atomic E-state index is -0.638. The largest absolute Gasteiger partial charge is 0.871 e. The van der Waals surface area contributed by atoms with Gasteiger partial charge in [0.15, 0.2) is 5.69 Å². The number of carbonyl (C=O) groups is 1. The lowest BCUT2D eigenvalue weighted by Crippen LogP contribution is -2.16. The standard InChI is InChI=1S/C13H12N2O3/c1-2-18-13(17)11-10(14-7-8-15-11)12(16)9-5-3-4-6-9/h3-8,16H,2H2,1H3/p-1. The summed E-state index contributed by atoms with van der Waals surface area (Å²) in [6.45, 7) is 1.91. The third kappa shape index (κ3) is 2.29. The summed E-state index contributed by atoms with van der Waals surface area (Å²) in [5.74, 6) is -0.975. The number of nitrogens with zero attached hydrogens (tertiary/aromatic N) is 2. The summed E-state index contributed by atoms with van der Waals surface area (Å²) in [6.07, 6.45) is 9.53. The smallest absolute Gasteiger partial charge is 0.359 e. The maximum Gasteiger partial charge on any atom is 0.359 e. The van der Waals surface area contributed by atoms with Gasteiger partial charge in [0.2, 0.25) is 0 Å². The molecule has 0 unspecified atom stereocenters. The monoisotopic (exact) mass is 243 g/mol. The number of hydrogen-bond donors (Lipinski definition) is 0. The minimum absolute atomic E-state index is 0.0159. The van der Waals surface area contributed by atoms with Crippen LogP contribution in [0.5, 0.6) is 0 Å². The van der Waals surface area contributed by atoms with Crippen LogP contribution < -0.4 is 5.11 Å². The number of hydrogen-bond acceptors (Lipinski definition) is 5. The second kappa shape index (κ2) is 5.27. The van der Waals surface area contributed by atoms with Crippen LogP contribution in [0.25, 0.3) is 5.76 Å². The first-order chi connectivity index (χ1) is 8.74. The van der Waals surface area contributed by atoms with Crippen LogP contribution in [0.1, 0.15) is 23.1 Å². The summed E-state index contributed by atoms with van der Waals surface area (Å²) in [4.78, 5) is 19.5. The Balaban J connectivity index is 2.45. The highest BCUT2D eigenvalue weighted by molar-refractivity contribution is 5.92. The van der Waals surface area contributed by atoms with Crippen molar-refractivity contribution in [1.29, 1.82) is 0 Å². The van der Waals surface area contributed by atoms with E-state index in [9.17, 15) is 9.90 Å². The van der Waals surface area contributed by atoms with Crippen molar-refractivity contribution in [2.24, 2.45) is 0 Å². The molecule has 0 aromatic carbocycles. The molecule has 1 aromatic heterocycles. The zero-order valence-electron chi connectivity index (χ0n) is 9.79. The summed E-state index contributed by atoms with van der Waals surface area (Å²) in [5, 5.41) is 12.1. The number of esters is 1. The maximum atomic E-state index is 12.1. The van der Waals surface area contributed by atoms with Crippen molar-refractivity contribution in [2.45, 2.75) is 6.92 Å². The molecule has 0 amide bonds. The fraction of sp³-hybridized carbons (Fsp3) is 0.154. The number of aromatic nitrogens is 2. The molecule has 5 nitrogen and oxygen atoms in total. The van der Waals surface area contributed by atoms with Crippen LogP contribution in [-0.2, 0) is 4.74 Å². The third-order valence-corrected chi connectivity index (χ3v) is 2.31. The lowest BCUT2D eigenvalue weighted by molar-refractivity contribution is -0.245. The first-order valence-electron chi connectivity index (χ1n) is 5.48. The molecule has 0 bridgehead atoms. The van der Waals surface area contributed by atoms with E-state index in [1.807, 2.05) is 0 Å². The SMILES string of the molecule is CCOC(=O)c1nccnc1C([O-])=C1C=CC=C1. The molecule has 1 aliphatic rings. The minimum Gasteiger partial charge on any atom is -0.871 e. The molecule has 2 rings (SSSR count). The molecule has 0 saturated heterocycles. The van der Waals surface area contributed by atoms with Gasteiger partial charge in [-0.05, 0) is 12.5 Å². The van der Waals surface area contributed by atoms with E-state index in [1.54, 1.807) is 31.2 Å². The molecular weight excluding hydrogens is 232 g/mol. The highest BCUT2D eigenvalue weighted by atomic mass is 16.5. The number of allylic oxidation sites excluding steroid dienone is 5. The Morgan fingerprint density at radius 2 is 1.83 bits per heavy atom. The molecule has 1 heterocycles. The zero-order chi connectivity index (χ0) is 13.0. The van der Waals surface area contributed by atoms with E-state index in [2.05, 4.69) is 9.97 Å². The Labute approximate surface area is 104 Å². The summed E-state index contributed by atoms with van der Waals surface area (Å²) in [5.41, 5.74) is 0.439. The zero-order valence-corrected chi connectivity index (χ0v) is 9.79. The average molecular weight is 243 g/mol. The predicted molar refractivity (Wildman–Crippen MR) is 63.2 cm³/mol. The summed E-state index contributed by atoms with van der Waals surface area (Å²) in [7, 11) is 0. The van der Waals surface area contributed by atoms with E-state index >= 15 is 0 Å². The van der Waals surface area contributed by atoms with Gasteiger partial charge in [-0.1, -0.05) is 30.1 Å². The van der Waals surface area contributed by atoms with Crippen LogP contribution in [0.3, 0.4) is 0 Å². The van der Waals surface area contributed by atoms with Crippen molar-refractivity contribution in [3.8, 4) is 0 Å². The van der Waals surface area contributed by atoms with Crippen LogP contribution >= 0.6 is 0 Å². The first kappa shape index (κ1) is 12.0. The lowest BCUT2D eigenvalue weighted by Gasteiger charge is -2.15. The van der Waals surface area contributed by atoms with Crippen molar-refractivity contribution in [2.75, 3.05) is 6.61 Å². The summed E-state index contributed by atoms with van der Waals surface area (Å²) in [6, 6.07) is 0. The topological polar surface area (TPSA) is 75.1 Å².